The van der Waals surface area contributed by atoms with Gasteiger partial charge in [-0.1, -0.05) is 53.2 Å². The predicted molar refractivity (Wildman–Crippen MR) is 104 cm³/mol. The minimum atomic E-state index is -1.03. The van der Waals surface area contributed by atoms with Crippen LogP contribution >= 0.6 is 15.9 Å². The van der Waals surface area contributed by atoms with Crippen LogP contribution in [0.1, 0.15) is 37.0 Å². The van der Waals surface area contributed by atoms with Crippen molar-refractivity contribution in [1.82, 2.24) is 4.90 Å². The quantitative estimate of drug-likeness (QED) is 0.832. The van der Waals surface area contributed by atoms with E-state index in [1.165, 1.54) is 0 Å². The second kappa shape index (κ2) is 6.43. The molecule has 0 aliphatic carbocycles. The molecule has 0 radical (unpaired) electrons. The lowest BCUT2D eigenvalue weighted by Crippen LogP contribution is -2.45. The molecular weight excluding hydrogens is 394 g/mol. The maximum Gasteiger partial charge on any atom is 0.262 e. The molecule has 5 nitrogen and oxygen atoms in total. The largest absolute Gasteiger partial charge is 0.485 e. The number of nitrogens with two attached hydrogens (primary N) is 1. The minimum absolute atomic E-state index is 0.0690. The molecule has 2 heterocycles. The Kier molecular flexibility index (Phi) is 4.23. The standard InChI is InChI=1S/C20H20BrN3O2/c1-2-10-24-18(25)20(23-19(24)22)12-17(13-6-4-3-5-7-13)26-16-9-8-14(21)11-15(16)20/h3-9,11,17H,2,10,12H2,1H3,(H2,22,23)/t17-,20+/m1/s1. The summed E-state index contributed by atoms with van der Waals surface area (Å²) in [4.78, 5) is 19.7. The van der Waals surface area contributed by atoms with Crippen molar-refractivity contribution < 1.29 is 9.53 Å². The van der Waals surface area contributed by atoms with E-state index in [4.69, 9.17) is 10.5 Å². The first kappa shape index (κ1) is 17.1. The summed E-state index contributed by atoms with van der Waals surface area (Å²) in [5.41, 5.74) is 6.91. The average molecular weight is 414 g/mol. The van der Waals surface area contributed by atoms with Crippen LogP contribution in [0.5, 0.6) is 5.75 Å². The van der Waals surface area contributed by atoms with Gasteiger partial charge in [0.05, 0.1) is 0 Å². The average Bonchev–Trinajstić information content (AvgIpc) is 2.88. The Morgan fingerprint density at radius 1 is 1.31 bits per heavy atom. The van der Waals surface area contributed by atoms with Gasteiger partial charge >= 0.3 is 0 Å². The Morgan fingerprint density at radius 2 is 2.08 bits per heavy atom. The number of guanidine groups is 1. The highest BCUT2D eigenvalue weighted by atomic mass is 79.9. The van der Waals surface area contributed by atoms with E-state index in [0.717, 1.165) is 22.0 Å². The molecule has 2 aromatic carbocycles. The van der Waals surface area contributed by atoms with Crippen molar-refractivity contribution >= 4 is 27.8 Å². The monoisotopic (exact) mass is 413 g/mol. The van der Waals surface area contributed by atoms with Crippen LogP contribution in [0.2, 0.25) is 0 Å². The van der Waals surface area contributed by atoms with Gasteiger partial charge in [0.1, 0.15) is 11.9 Å². The SMILES string of the molecule is CCCN1C(=O)[C@@]2(C[C@H](c3ccccc3)Oc3ccc(Br)cc32)N=C1N. The molecular formula is C20H20BrN3O2. The number of hydrogen-bond acceptors (Lipinski definition) is 4. The molecule has 1 spiro atoms. The molecule has 2 N–H and O–H groups in total. The van der Waals surface area contributed by atoms with E-state index in [0.29, 0.717) is 18.7 Å². The summed E-state index contributed by atoms with van der Waals surface area (Å²) in [6.07, 6.45) is 0.995. The van der Waals surface area contributed by atoms with Crippen molar-refractivity contribution in [2.75, 3.05) is 6.54 Å². The first-order valence-electron chi connectivity index (χ1n) is 8.74. The Balaban J connectivity index is 1.85. The van der Waals surface area contributed by atoms with Crippen LogP contribution in [-0.4, -0.2) is 23.3 Å². The molecule has 2 aliphatic heterocycles. The summed E-state index contributed by atoms with van der Waals surface area (Å²) in [5.74, 6) is 0.897. The van der Waals surface area contributed by atoms with E-state index in [9.17, 15) is 4.79 Å². The lowest BCUT2D eigenvalue weighted by Gasteiger charge is -2.37. The Labute approximate surface area is 161 Å². The molecule has 0 saturated heterocycles. The zero-order valence-electron chi connectivity index (χ0n) is 14.5. The number of carbonyl (C=O) groups excluding carboxylic acids is 1. The first-order valence-corrected chi connectivity index (χ1v) is 9.53. The number of rotatable bonds is 3. The van der Waals surface area contributed by atoms with Crippen LogP contribution in [0.4, 0.5) is 0 Å². The molecule has 1 amide bonds. The number of amides is 1. The van der Waals surface area contributed by atoms with Crippen molar-refractivity contribution in [3.63, 3.8) is 0 Å². The third-order valence-electron chi connectivity index (χ3n) is 4.94. The van der Waals surface area contributed by atoms with Gasteiger partial charge in [-0.3, -0.25) is 9.69 Å². The van der Waals surface area contributed by atoms with E-state index < -0.39 is 5.54 Å². The van der Waals surface area contributed by atoms with E-state index in [2.05, 4.69) is 20.9 Å². The summed E-state index contributed by atoms with van der Waals surface area (Å²) < 4.78 is 7.12. The molecule has 0 unspecified atom stereocenters. The Hall–Kier alpha value is -2.34. The fraction of sp³-hybridized carbons (Fsp3) is 0.300. The predicted octanol–water partition coefficient (Wildman–Crippen LogP) is 3.74. The maximum absolute atomic E-state index is 13.4. The van der Waals surface area contributed by atoms with Crippen LogP contribution < -0.4 is 10.5 Å². The summed E-state index contributed by atoms with van der Waals surface area (Å²) in [7, 11) is 0. The van der Waals surface area contributed by atoms with Crippen molar-refractivity contribution in [3.8, 4) is 5.75 Å². The number of benzene rings is 2. The summed E-state index contributed by atoms with van der Waals surface area (Å²) in [6.45, 7) is 2.59. The van der Waals surface area contributed by atoms with Gasteiger partial charge in [-0.15, -0.1) is 0 Å². The molecule has 0 aromatic heterocycles. The van der Waals surface area contributed by atoms with Crippen LogP contribution in [0.25, 0.3) is 0 Å². The Bertz CT molecular complexity index is 884. The fourth-order valence-electron chi connectivity index (χ4n) is 3.73. The zero-order valence-corrected chi connectivity index (χ0v) is 16.1. The van der Waals surface area contributed by atoms with Gasteiger partial charge in [-0.25, -0.2) is 4.99 Å². The van der Waals surface area contributed by atoms with Crippen LogP contribution in [0.15, 0.2) is 58.0 Å². The van der Waals surface area contributed by atoms with E-state index in [1.807, 2.05) is 55.5 Å². The molecule has 6 heteroatoms. The molecule has 2 aromatic rings. The van der Waals surface area contributed by atoms with Gasteiger partial charge in [0.25, 0.3) is 5.91 Å². The molecule has 4 rings (SSSR count). The number of hydrogen-bond donors (Lipinski definition) is 1. The number of fused-ring (bicyclic) bond motifs is 2. The van der Waals surface area contributed by atoms with Gasteiger partial charge in [-0.2, -0.15) is 0 Å². The van der Waals surface area contributed by atoms with Gasteiger partial charge in [0, 0.05) is 23.0 Å². The van der Waals surface area contributed by atoms with Gasteiger partial charge in [0.2, 0.25) is 0 Å². The normalized spacial score (nSPS) is 24.4. The summed E-state index contributed by atoms with van der Waals surface area (Å²) >= 11 is 3.50. The molecule has 0 bridgehead atoms. The second-order valence-corrected chi connectivity index (χ2v) is 7.56. The van der Waals surface area contributed by atoms with E-state index in [-0.39, 0.29) is 18.0 Å². The van der Waals surface area contributed by atoms with Gasteiger partial charge < -0.3 is 10.5 Å². The van der Waals surface area contributed by atoms with Crippen molar-refractivity contribution in [2.45, 2.75) is 31.4 Å². The third-order valence-corrected chi connectivity index (χ3v) is 5.43. The lowest BCUT2D eigenvalue weighted by molar-refractivity contribution is -0.133. The number of nitrogens with zero attached hydrogens (tertiary/aromatic N) is 2. The fourth-order valence-corrected chi connectivity index (χ4v) is 4.10. The number of carbonyl (C=O) groups is 1. The highest BCUT2D eigenvalue weighted by Crippen LogP contribution is 2.50. The van der Waals surface area contributed by atoms with Crippen molar-refractivity contribution in [1.29, 1.82) is 0 Å². The smallest absolute Gasteiger partial charge is 0.262 e. The Morgan fingerprint density at radius 3 is 2.81 bits per heavy atom. The zero-order chi connectivity index (χ0) is 18.3. The number of aliphatic imine (C=N–C) groups is 1. The van der Waals surface area contributed by atoms with Gasteiger partial charge in [-0.05, 0) is 30.2 Å². The van der Waals surface area contributed by atoms with Crippen molar-refractivity contribution in [2.24, 2.45) is 10.7 Å². The van der Waals surface area contributed by atoms with Crippen LogP contribution in [0.3, 0.4) is 0 Å². The molecule has 0 fully saturated rings. The summed E-state index contributed by atoms with van der Waals surface area (Å²) in [5, 5.41) is 0. The topological polar surface area (TPSA) is 67.9 Å². The lowest BCUT2D eigenvalue weighted by atomic mass is 9.80. The first-order chi connectivity index (χ1) is 12.5. The molecule has 26 heavy (non-hydrogen) atoms. The third kappa shape index (κ3) is 2.60. The molecule has 0 saturated carbocycles. The minimum Gasteiger partial charge on any atom is -0.485 e. The van der Waals surface area contributed by atoms with E-state index >= 15 is 0 Å². The van der Waals surface area contributed by atoms with Crippen molar-refractivity contribution in [3.05, 3.63) is 64.1 Å². The van der Waals surface area contributed by atoms with Gasteiger partial charge in [0.15, 0.2) is 11.5 Å². The highest BCUT2D eigenvalue weighted by molar-refractivity contribution is 9.10. The summed E-state index contributed by atoms with van der Waals surface area (Å²) in [6, 6.07) is 15.7. The molecule has 2 aliphatic rings. The number of ether oxygens (including phenoxy) is 1. The van der Waals surface area contributed by atoms with Crippen LogP contribution in [0, 0.1) is 0 Å². The highest BCUT2D eigenvalue weighted by Gasteiger charge is 2.54. The number of halogens is 1. The van der Waals surface area contributed by atoms with Crippen LogP contribution in [-0.2, 0) is 10.3 Å². The van der Waals surface area contributed by atoms with E-state index in [1.54, 1.807) is 4.90 Å². The molecule has 134 valence electrons. The molecule has 2 atom stereocenters. The maximum atomic E-state index is 13.4. The second-order valence-electron chi connectivity index (χ2n) is 6.65.